The number of benzene rings is 1. The number of nitrogens with two attached hydrogens (primary N) is 1. The molecule has 9 heavy (non-hydrogen) atoms. The molecular weight excluding hydrogens is 201 g/mol. The summed E-state index contributed by atoms with van der Waals surface area (Å²) in [5, 5.41) is 0.404. The van der Waals surface area contributed by atoms with Crippen molar-refractivity contribution in [2.24, 2.45) is 0 Å². The molecule has 0 amide bonds. The van der Waals surface area contributed by atoms with Gasteiger partial charge in [-0.2, -0.15) is 0 Å². The molecule has 0 aromatic heterocycles. The van der Waals surface area contributed by atoms with Crippen LogP contribution in [0.3, 0.4) is 0 Å². The number of rotatable bonds is 0. The Morgan fingerprint density at radius 1 is 1.67 bits per heavy atom. The van der Waals surface area contributed by atoms with Crippen molar-refractivity contribution in [3.63, 3.8) is 0 Å². The van der Waals surface area contributed by atoms with Gasteiger partial charge < -0.3 is 5.73 Å². The predicted octanol–water partition coefficient (Wildman–Crippen LogP) is 2.68. The highest BCUT2D eigenvalue weighted by atomic mass is 79.9. The van der Waals surface area contributed by atoms with E-state index in [9.17, 15) is 0 Å². The molecule has 0 radical (unpaired) electrons. The highest BCUT2D eigenvalue weighted by molar-refractivity contribution is 9.10. The number of hydrogen-bond acceptors (Lipinski definition) is 1. The van der Waals surface area contributed by atoms with Crippen LogP contribution < -0.4 is 5.73 Å². The summed E-state index contributed by atoms with van der Waals surface area (Å²) in [6, 6.07) is 3.50. The summed E-state index contributed by atoms with van der Waals surface area (Å²) in [7, 11) is 0. The first-order chi connectivity index (χ1) is 4.63. The van der Waals surface area contributed by atoms with Crippen molar-refractivity contribution in [2.75, 3.05) is 5.73 Å². The zero-order chi connectivity index (χ0) is 7.72. The first-order valence-corrected chi connectivity index (χ1v) is 3.50. The Morgan fingerprint density at radius 2 is 2.33 bits per heavy atom. The molecule has 0 aliphatic rings. The van der Waals surface area contributed by atoms with Gasteiger partial charge in [0.15, 0.2) is 0 Å². The van der Waals surface area contributed by atoms with Gasteiger partial charge in [-0.15, -0.1) is 0 Å². The van der Waals surface area contributed by atoms with Gasteiger partial charge in [0.25, 0.3) is 0 Å². The highest BCUT2D eigenvalue weighted by Gasteiger charge is 1.93. The van der Waals surface area contributed by atoms with Gasteiger partial charge in [-0.25, -0.2) is 0 Å². The Labute approximate surface area is 68.3 Å². The lowest BCUT2D eigenvalue weighted by Crippen LogP contribution is -1.84. The van der Waals surface area contributed by atoms with Gasteiger partial charge in [-0.05, 0) is 34.1 Å². The van der Waals surface area contributed by atoms with Crippen LogP contribution in [0.15, 0.2) is 22.6 Å². The van der Waals surface area contributed by atoms with Crippen molar-refractivity contribution in [3.8, 4) is 0 Å². The van der Waals surface area contributed by atoms with E-state index in [0.717, 1.165) is 0 Å². The summed E-state index contributed by atoms with van der Waals surface area (Å²) in [6.45, 7) is 0. The van der Waals surface area contributed by atoms with Crippen molar-refractivity contribution < 1.29 is 1.37 Å². The molecule has 1 nitrogen and oxygen atoms in total. The van der Waals surface area contributed by atoms with E-state index in [4.69, 9.17) is 18.7 Å². The molecule has 1 aromatic rings. The maximum atomic E-state index is 7.33. The topological polar surface area (TPSA) is 26.0 Å². The number of nitrogen functional groups attached to an aromatic ring is 1. The molecule has 48 valence electrons. The van der Waals surface area contributed by atoms with Crippen LogP contribution >= 0.6 is 27.5 Å². The molecule has 0 aliphatic heterocycles. The molecule has 0 saturated heterocycles. The first-order valence-electron chi connectivity index (χ1n) is 2.83. The smallest absolute Gasteiger partial charge is 0.0651 e. The maximum Gasteiger partial charge on any atom is 0.0651 e. The Kier molecular flexibility index (Phi) is 1.60. The van der Waals surface area contributed by atoms with Crippen molar-refractivity contribution >= 4 is 33.2 Å². The SMILES string of the molecule is [2H]c1c(Cl)ccc(N)c1Br. The molecular formula is C6H5BrClN. The fourth-order valence-corrected chi connectivity index (χ4v) is 1.07. The minimum atomic E-state index is 0.238. The van der Waals surface area contributed by atoms with Crippen LogP contribution in [-0.4, -0.2) is 0 Å². The lowest BCUT2D eigenvalue weighted by atomic mass is 10.3. The minimum Gasteiger partial charge on any atom is -0.398 e. The van der Waals surface area contributed by atoms with Gasteiger partial charge in [0.05, 0.1) is 1.37 Å². The monoisotopic (exact) mass is 206 g/mol. The quantitative estimate of drug-likeness (QED) is 0.651. The van der Waals surface area contributed by atoms with Crippen LogP contribution in [-0.2, 0) is 0 Å². The van der Waals surface area contributed by atoms with Crippen LogP contribution in [0.1, 0.15) is 1.37 Å². The lowest BCUT2D eigenvalue weighted by Gasteiger charge is -1.95. The molecule has 0 spiro atoms. The van der Waals surface area contributed by atoms with Gasteiger partial charge in [0, 0.05) is 15.2 Å². The number of halogens is 2. The summed E-state index contributed by atoms with van der Waals surface area (Å²) >= 11 is 8.75. The third-order valence-corrected chi connectivity index (χ3v) is 1.77. The highest BCUT2D eigenvalue weighted by Crippen LogP contribution is 2.22. The van der Waals surface area contributed by atoms with Crippen molar-refractivity contribution in [1.29, 1.82) is 0 Å². The zero-order valence-electron chi connectivity index (χ0n) is 5.49. The standard InChI is InChI=1S/C6H5BrClN/c7-5-3-4(8)1-2-6(5)9/h1-3H,9H2/i3D. The van der Waals surface area contributed by atoms with E-state index >= 15 is 0 Å². The molecule has 0 bridgehead atoms. The summed E-state index contributed by atoms with van der Waals surface area (Å²) in [5.41, 5.74) is 6.00. The van der Waals surface area contributed by atoms with E-state index in [2.05, 4.69) is 15.9 Å². The van der Waals surface area contributed by atoms with E-state index in [1.807, 2.05) is 0 Å². The average Bonchev–Trinajstić information content (AvgIpc) is 1.93. The van der Waals surface area contributed by atoms with E-state index in [0.29, 0.717) is 15.2 Å². The maximum absolute atomic E-state index is 7.33. The summed E-state index contributed by atoms with van der Waals surface area (Å²) < 4.78 is 7.88. The lowest BCUT2D eigenvalue weighted by molar-refractivity contribution is 1.63. The summed E-state index contributed by atoms with van der Waals surface area (Å²) in [6.07, 6.45) is 0. The summed E-state index contributed by atoms with van der Waals surface area (Å²) in [4.78, 5) is 0. The Balaban J connectivity index is 3.34. The fourth-order valence-electron chi connectivity index (χ4n) is 0.455. The first kappa shape index (κ1) is 5.57. The molecule has 0 unspecified atom stereocenters. The average molecular weight is 207 g/mol. The van der Waals surface area contributed by atoms with Gasteiger partial charge >= 0.3 is 0 Å². The summed E-state index contributed by atoms with van der Waals surface area (Å²) in [5.74, 6) is 0. The van der Waals surface area contributed by atoms with Gasteiger partial charge in [0.1, 0.15) is 0 Å². The van der Waals surface area contributed by atoms with Crippen molar-refractivity contribution in [2.45, 2.75) is 0 Å². The van der Waals surface area contributed by atoms with E-state index in [-0.39, 0.29) is 6.04 Å². The minimum absolute atomic E-state index is 0.238. The largest absolute Gasteiger partial charge is 0.398 e. The Bertz CT molecular complexity index is 237. The Morgan fingerprint density at radius 3 is 2.89 bits per heavy atom. The molecule has 3 heteroatoms. The number of anilines is 1. The third kappa shape index (κ3) is 1.60. The van der Waals surface area contributed by atoms with E-state index in [1.54, 1.807) is 12.1 Å². The molecule has 0 aliphatic carbocycles. The molecule has 0 atom stereocenters. The van der Waals surface area contributed by atoms with E-state index in [1.165, 1.54) is 0 Å². The van der Waals surface area contributed by atoms with Crippen LogP contribution in [0.25, 0.3) is 0 Å². The third-order valence-electron chi connectivity index (χ3n) is 0.892. The van der Waals surface area contributed by atoms with Crippen molar-refractivity contribution in [1.82, 2.24) is 0 Å². The second-order valence-electron chi connectivity index (χ2n) is 1.58. The Hall–Kier alpha value is -0.210. The van der Waals surface area contributed by atoms with Crippen LogP contribution in [0.2, 0.25) is 5.02 Å². The molecule has 1 rings (SSSR count). The van der Waals surface area contributed by atoms with E-state index < -0.39 is 0 Å². The molecule has 0 heterocycles. The predicted molar refractivity (Wildman–Crippen MR) is 43.6 cm³/mol. The molecule has 0 fully saturated rings. The molecule has 0 saturated carbocycles. The van der Waals surface area contributed by atoms with Gasteiger partial charge in [0.2, 0.25) is 0 Å². The zero-order valence-corrected chi connectivity index (χ0v) is 6.83. The van der Waals surface area contributed by atoms with Crippen LogP contribution in [0.4, 0.5) is 5.69 Å². The normalized spacial score (nSPS) is 11.1. The second-order valence-corrected chi connectivity index (χ2v) is 2.78. The molecule has 1 aromatic carbocycles. The second kappa shape index (κ2) is 2.58. The fraction of sp³-hybridized carbons (Fsp3) is 0. The van der Waals surface area contributed by atoms with Crippen LogP contribution in [0, 0.1) is 0 Å². The van der Waals surface area contributed by atoms with Crippen molar-refractivity contribution in [3.05, 3.63) is 27.7 Å². The van der Waals surface area contributed by atoms with Crippen LogP contribution in [0.5, 0.6) is 0 Å². The van der Waals surface area contributed by atoms with Gasteiger partial charge in [-0.1, -0.05) is 11.6 Å². The number of hydrogen-bond donors (Lipinski definition) is 1. The van der Waals surface area contributed by atoms with Gasteiger partial charge in [-0.3, -0.25) is 0 Å². The molecule has 2 N–H and O–H groups in total.